The van der Waals surface area contributed by atoms with Gasteiger partial charge in [-0.05, 0) is 12.5 Å². The molecule has 0 aliphatic rings. The van der Waals surface area contributed by atoms with Gasteiger partial charge < -0.3 is 5.32 Å². The Bertz CT molecular complexity index is 613. The minimum atomic E-state index is -3.68. The van der Waals surface area contributed by atoms with E-state index in [-0.39, 0.29) is 29.4 Å². The number of anilines is 1. The highest BCUT2D eigenvalue weighted by Gasteiger charge is 2.24. The van der Waals surface area contributed by atoms with Crippen molar-refractivity contribution in [3.05, 3.63) is 17.3 Å². The average Bonchev–Trinajstić information content (AvgIpc) is 2.46. The zero-order valence-electron chi connectivity index (χ0n) is 12.1. The zero-order chi connectivity index (χ0) is 15.9. The van der Waals surface area contributed by atoms with Crippen molar-refractivity contribution in [2.24, 2.45) is 0 Å². The first-order valence-corrected chi connectivity index (χ1v) is 8.55. The summed E-state index contributed by atoms with van der Waals surface area (Å²) in [6, 6.07) is 3.33. The van der Waals surface area contributed by atoms with Crippen LogP contribution in [0.5, 0.6) is 0 Å². The summed E-state index contributed by atoms with van der Waals surface area (Å²) in [6.45, 7) is 4.89. The van der Waals surface area contributed by atoms with Gasteiger partial charge in [-0.25, -0.2) is 13.4 Å². The van der Waals surface area contributed by atoms with Crippen molar-refractivity contribution < 1.29 is 8.42 Å². The molecule has 1 heterocycles. The van der Waals surface area contributed by atoms with Crippen LogP contribution in [0.2, 0.25) is 5.02 Å². The number of nitriles is 1. The standard InChI is InChI=1S/C13H19ClN4O2S/c1-3-7-16-13-12(14)9-11(10-17-13)21(19,20)18(4-2)8-5-6-15/h9-10H,3-5,7-8H2,1-2H3,(H,16,17). The minimum Gasteiger partial charge on any atom is -0.369 e. The molecule has 1 rings (SSSR count). The third-order valence-electron chi connectivity index (χ3n) is 2.82. The molecular formula is C13H19ClN4O2S. The molecule has 0 bridgehead atoms. The van der Waals surface area contributed by atoms with Crippen molar-refractivity contribution in [1.82, 2.24) is 9.29 Å². The second kappa shape index (κ2) is 8.17. The molecule has 0 aromatic carbocycles. The maximum Gasteiger partial charge on any atom is 0.244 e. The molecule has 6 nitrogen and oxygen atoms in total. The number of hydrogen-bond donors (Lipinski definition) is 1. The van der Waals surface area contributed by atoms with Gasteiger partial charge in [-0.1, -0.05) is 25.4 Å². The van der Waals surface area contributed by atoms with E-state index in [1.165, 1.54) is 16.6 Å². The first-order chi connectivity index (χ1) is 9.97. The van der Waals surface area contributed by atoms with Gasteiger partial charge in [0, 0.05) is 32.3 Å². The summed E-state index contributed by atoms with van der Waals surface area (Å²) in [5.74, 6) is 0.470. The van der Waals surface area contributed by atoms with E-state index in [0.29, 0.717) is 12.4 Å². The first kappa shape index (κ1) is 17.7. The number of rotatable bonds is 8. The Morgan fingerprint density at radius 2 is 2.19 bits per heavy atom. The lowest BCUT2D eigenvalue weighted by atomic mass is 10.4. The molecule has 0 amide bonds. The van der Waals surface area contributed by atoms with Crippen molar-refractivity contribution in [3.63, 3.8) is 0 Å². The van der Waals surface area contributed by atoms with E-state index < -0.39 is 10.0 Å². The van der Waals surface area contributed by atoms with Crippen LogP contribution in [0.25, 0.3) is 0 Å². The number of pyridine rings is 1. The van der Waals surface area contributed by atoms with E-state index in [4.69, 9.17) is 16.9 Å². The van der Waals surface area contributed by atoms with E-state index in [0.717, 1.165) is 6.42 Å². The summed E-state index contributed by atoms with van der Waals surface area (Å²) in [5, 5.41) is 11.9. The van der Waals surface area contributed by atoms with Crippen LogP contribution >= 0.6 is 11.6 Å². The molecule has 0 aliphatic carbocycles. The summed E-state index contributed by atoms with van der Waals surface area (Å²) >= 11 is 6.06. The Labute approximate surface area is 130 Å². The average molecular weight is 331 g/mol. The topological polar surface area (TPSA) is 86.1 Å². The van der Waals surface area contributed by atoms with E-state index in [1.54, 1.807) is 6.92 Å². The molecule has 1 aromatic heterocycles. The molecule has 0 radical (unpaired) electrons. The lowest BCUT2D eigenvalue weighted by Gasteiger charge is -2.19. The molecule has 21 heavy (non-hydrogen) atoms. The largest absolute Gasteiger partial charge is 0.369 e. The first-order valence-electron chi connectivity index (χ1n) is 6.73. The number of aromatic nitrogens is 1. The van der Waals surface area contributed by atoms with Crippen molar-refractivity contribution in [2.45, 2.75) is 31.6 Å². The summed E-state index contributed by atoms with van der Waals surface area (Å²) in [7, 11) is -3.68. The SMILES string of the molecule is CCCNc1ncc(S(=O)(=O)N(CC)CCC#N)cc1Cl. The third kappa shape index (κ3) is 4.56. The number of nitrogens with one attached hydrogen (secondary N) is 1. The van der Waals surface area contributed by atoms with Crippen LogP contribution in [0.1, 0.15) is 26.7 Å². The fraction of sp³-hybridized carbons (Fsp3) is 0.538. The maximum atomic E-state index is 12.4. The number of nitrogens with zero attached hydrogens (tertiary/aromatic N) is 3. The Morgan fingerprint density at radius 1 is 1.48 bits per heavy atom. The van der Waals surface area contributed by atoms with Gasteiger partial charge in [-0.3, -0.25) is 0 Å². The predicted octanol–water partition coefficient (Wildman–Crippen LogP) is 2.48. The summed E-state index contributed by atoms with van der Waals surface area (Å²) < 4.78 is 26.1. The molecule has 8 heteroatoms. The molecule has 0 saturated heterocycles. The molecule has 0 atom stereocenters. The van der Waals surface area contributed by atoms with Crippen LogP contribution in [-0.4, -0.2) is 37.3 Å². The molecule has 0 saturated carbocycles. The monoisotopic (exact) mass is 330 g/mol. The highest BCUT2D eigenvalue weighted by atomic mass is 35.5. The summed E-state index contributed by atoms with van der Waals surface area (Å²) in [6.07, 6.45) is 2.34. The molecule has 0 unspecified atom stereocenters. The van der Waals surface area contributed by atoms with Crippen LogP contribution < -0.4 is 5.32 Å². The van der Waals surface area contributed by atoms with E-state index in [9.17, 15) is 8.42 Å². The molecule has 0 fully saturated rings. The second-order valence-electron chi connectivity index (χ2n) is 4.33. The van der Waals surface area contributed by atoms with Crippen molar-refractivity contribution in [1.29, 1.82) is 5.26 Å². The Kier molecular flexibility index (Phi) is 6.89. The van der Waals surface area contributed by atoms with E-state index in [1.807, 2.05) is 13.0 Å². The normalized spacial score (nSPS) is 11.4. The Morgan fingerprint density at radius 3 is 2.71 bits per heavy atom. The maximum absolute atomic E-state index is 12.4. The van der Waals surface area contributed by atoms with Crippen LogP contribution in [0.15, 0.2) is 17.2 Å². The van der Waals surface area contributed by atoms with Crippen molar-refractivity contribution in [2.75, 3.05) is 25.0 Å². The molecule has 0 spiro atoms. The van der Waals surface area contributed by atoms with Gasteiger partial charge in [0.1, 0.15) is 10.7 Å². The number of hydrogen-bond acceptors (Lipinski definition) is 5. The fourth-order valence-corrected chi connectivity index (χ4v) is 3.43. The highest BCUT2D eigenvalue weighted by molar-refractivity contribution is 7.89. The van der Waals surface area contributed by atoms with Crippen LogP contribution in [0.3, 0.4) is 0 Å². The highest BCUT2D eigenvalue weighted by Crippen LogP contribution is 2.24. The molecule has 1 N–H and O–H groups in total. The van der Waals surface area contributed by atoms with E-state index in [2.05, 4.69) is 10.3 Å². The second-order valence-corrected chi connectivity index (χ2v) is 6.68. The van der Waals surface area contributed by atoms with Crippen LogP contribution in [0.4, 0.5) is 5.82 Å². The summed E-state index contributed by atoms with van der Waals surface area (Å²) in [5.41, 5.74) is 0. The van der Waals surface area contributed by atoms with Crippen LogP contribution in [0, 0.1) is 11.3 Å². The fourth-order valence-electron chi connectivity index (χ4n) is 1.71. The molecule has 116 valence electrons. The summed E-state index contributed by atoms with van der Waals surface area (Å²) in [4.78, 5) is 4.10. The van der Waals surface area contributed by atoms with Gasteiger partial charge in [-0.2, -0.15) is 9.57 Å². The lowest BCUT2D eigenvalue weighted by Crippen LogP contribution is -2.31. The van der Waals surface area contributed by atoms with Gasteiger partial charge in [-0.15, -0.1) is 0 Å². The molecular weight excluding hydrogens is 312 g/mol. The predicted molar refractivity (Wildman–Crippen MR) is 82.7 cm³/mol. The molecule has 0 aliphatic heterocycles. The van der Waals surface area contributed by atoms with Crippen LogP contribution in [-0.2, 0) is 10.0 Å². The Balaban J connectivity index is 3.03. The van der Waals surface area contributed by atoms with Gasteiger partial charge in [0.2, 0.25) is 10.0 Å². The number of halogens is 1. The van der Waals surface area contributed by atoms with Crippen molar-refractivity contribution in [3.8, 4) is 6.07 Å². The smallest absolute Gasteiger partial charge is 0.244 e. The Hall–Kier alpha value is -1.36. The minimum absolute atomic E-state index is 0.0364. The van der Waals surface area contributed by atoms with Gasteiger partial charge in [0.05, 0.1) is 11.1 Å². The van der Waals surface area contributed by atoms with Gasteiger partial charge >= 0.3 is 0 Å². The van der Waals surface area contributed by atoms with Crippen molar-refractivity contribution >= 4 is 27.4 Å². The third-order valence-corrected chi connectivity index (χ3v) is 5.05. The number of sulfonamides is 1. The van der Waals surface area contributed by atoms with E-state index >= 15 is 0 Å². The molecule has 1 aromatic rings. The lowest BCUT2D eigenvalue weighted by molar-refractivity contribution is 0.435. The quantitative estimate of drug-likeness (QED) is 0.791. The van der Waals surface area contributed by atoms with Gasteiger partial charge in [0.15, 0.2) is 0 Å². The zero-order valence-corrected chi connectivity index (χ0v) is 13.7. The van der Waals surface area contributed by atoms with Gasteiger partial charge in [0.25, 0.3) is 0 Å².